The van der Waals surface area contributed by atoms with E-state index in [2.05, 4.69) is 15.3 Å². The van der Waals surface area contributed by atoms with Crippen LogP contribution < -0.4 is 10.2 Å². The lowest BCUT2D eigenvalue weighted by Gasteiger charge is -2.39. The molecule has 160 valence electrons. The van der Waals surface area contributed by atoms with Gasteiger partial charge in [0, 0.05) is 44.4 Å². The summed E-state index contributed by atoms with van der Waals surface area (Å²) in [5.41, 5.74) is -0.918. The number of hydrogen-bond acceptors (Lipinski definition) is 5. The van der Waals surface area contributed by atoms with Crippen LogP contribution in [0.2, 0.25) is 0 Å². The third-order valence-corrected chi connectivity index (χ3v) is 5.80. The molecule has 29 heavy (non-hydrogen) atoms. The first-order chi connectivity index (χ1) is 13.9. The maximum absolute atomic E-state index is 13.0. The number of ether oxygens (including phenoxy) is 1. The summed E-state index contributed by atoms with van der Waals surface area (Å²) < 4.78 is 44.7. The second-order valence-electron chi connectivity index (χ2n) is 7.94. The molecule has 3 aliphatic rings. The molecule has 1 aliphatic carbocycles. The van der Waals surface area contributed by atoms with E-state index < -0.39 is 11.9 Å². The maximum Gasteiger partial charge on any atom is 0.433 e. The van der Waals surface area contributed by atoms with Crippen LogP contribution in [0.4, 0.5) is 23.8 Å². The summed E-state index contributed by atoms with van der Waals surface area (Å²) in [5, 5.41) is 2.93. The van der Waals surface area contributed by atoms with Crippen LogP contribution in [0.25, 0.3) is 0 Å². The van der Waals surface area contributed by atoms with Crippen LogP contribution in [-0.4, -0.2) is 65.3 Å². The van der Waals surface area contributed by atoms with Crippen LogP contribution in [0, 0.1) is 0 Å². The molecule has 10 heteroatoms. The molecule has 4 rings (SSSR count). The molecule has 0 spiro atoms. The molecule has 2 saturated heterocycles. The molecule has 0 bridgehead atoms. The van der Waals surface area contributed by atoms with Gasteiger partial charge in [-0.2, -0.15) is 13.2 Å². The minimum atomic E-state index is -4.49. The summed E-state index contributed by atoms with van der Waals surface area (Å²) in [6, 6.07) is 1.23. The highest BCUT2D eigenvalue weighted by molar-refractivity contribution is 5.74. The number of likely N-dealkylation sites (tertiary alicyclic amines) is 1. The Morgan fingerprint density at radius 3 is 2.52 bits per heavy atom. The third-order valence-electron chi connectivity index (χ3n) is 5.80. The van der Waals surface area contributed by atoms with E-state index in [0.717, 1.165) is 44.7 Å². The largest absolute Gasteiger partial charge is 0.433 e. The number of carbonyl (C=O) groups excluding carboxylic acids is 1. The molecule has 1 saturated carbocycles. The SMILES string of the molecule is O=C(NCC1CCCO1)N1CCC(N(c2cc(C(F)(F)F)ncn2)C2CC2)CC1. The average molecular weight is 413 g/mol. The second kappa shape index (κ2) is 8.33. The summed E-state index contributed by atoms with van der Waals surface area (Å²) in [6.07, 6.45) is 1.91. The number of alkyl halides is 3. The van der Waals surface area contributed by atoms with Crippen molar-refractivity contribution in [2.45, 2.75) is 62.9 Å². The highest BCUT2D eigenvalue weighted by Crippen LogP contribution is 2.37. The number of anilines is 1. The van der Waals surface area contributed by atoms with Crippen molar-refractivity contribution in [3.05, 3.63) is 18.1 Å². The van der Waals surface area contributed by atoms with Gasteiger partial charge in [-0.25, -0.2) is 14.8 Å². The Hall–Kier alpha value is -2.10. The molecule has 1 aromatic rings. The van der Waals surface area contributed by atoms with E-state index in [-0.39, 0.29) is 24.2 Å². The number of rotatable bonds is 5. The van der Waals surface area contributed by atoms with E-state index in [4.69, 9.17) is 4.74 Å². The topological polar surface area (TPSA) is 70.6 Å². The first-order valence-corrected chi connectivity index (χ1v) is 10.2. The Balaban J connectivity index is 1.35. The predicted octanol–water partition coefficient (Wildman–Crippen LogP) is 2.82. The molecule has 0 aromatic carbocycles. The van der Waals surface area contributed by atoms with Gasteiger partial charge in [-0.1, -0.05) is 0 Å². The van der Waals surface area contributed by atoms with Crippen molar-refractivity contribution in [1.82, 2.24) is 20.2 Å². The van der Waals surface area contributed by atoms with Gasteiger partial charge in [-0.3, -0.25) is 0 Å². The van der Waals surface area contributed by atoms with Crippen molar-refractivity contribution in [1.29, 1.82) is 0 Å². The molecule has 2 amide bonds. The van der Waals surface area contributed by atoms with Crippen LogP contribution in [0.5, 0.6) is 0 Å². The number of piperidine rings is 1. The Morgan fingerprint density at radius 2 is 1.90 bits per heavy atom. The zero-order valence-corrected chi connectivity index (χ0v) is 16.2. The molecule has 1 aromatic heterocycles. The Morgan fingerprint density at radius 1 is 1.17 bits per heavy atom. The van der Waals surface area contributed by atoms with Crippen molar-refractivity contribution in [2.24, 2.45) is 0 Å². The molecule has 0 radical (unpaired) electrons. The summed E-state index contributed by atoms with van der Waals surface area (Å²) >= 11 is 0. The van der Waals surface area contributed by atoms with E-state index in [1.165, 1.54) is 0 Å². The lowest BCUT2D eigenvalue weighted by Crippen LogP contribution is -2.51. The van der Waals surface area contributed by atoms with Gasteiger partial charge >= 0.3 is 12.2 Å². The number of nitrogens with one attached hydrogen (secondary N) is 1. The summed E-state index contributed by atoms with van der Waals surface area (Å²) in [6.45, 7) is 2.42. The molecule has 1 atom stereocenters. The molecule has 7 nitrogen and oxygen atoms in total. The molecule has 3 heterocycles. The number of carbonyl (C=O) groups is 1. The highest BCUT2D eigenvalue weighted by Gasteiger charge is 2.39. The van der Waals surface area contributed by atoms with Gasteiger partial charge < -0.3 is 19.9 Å². The van der Waals surface area contributed by atoms with Gasteiger partial charge in [0.25, 0.3) is 0 Å². The van der Waals surface area contributed by atoms with Crippen molar-refractivity contribution in [3.63, 3.8) is 0 Å². The van der Waals surface area contributed by atoms with Gasteiger partial charge in [-0.15, -0.1) is 0 Å². The lowest BCUT2D eigenvalue weighted by molar-refractivity contribution is -0.141. The van der Waals surface area contributed by atoms with Gasteiger partial charge in [-0.05, 0) is 38.5 Å². The zero-order chi connectivity index (χ0) is 20.4. The van der Waals surface area contributed by atoms with E-state index in [1.54, 1.807) is 4.90 Å². The fourth-order valence-electron chi connectivity index (χ4n) is 4.13. The molecular weight excluding hydrogens is 387 g/mol. The number of halogens is 3. The van der Waals surface area contributed by atoms with E-state index in [9.17, 15) is 18.0 Å². The number of hydrogen-bond donors (Lipinski definition) is 1. The van der Waals surface area contributed by atoms with E-state index in [1.807, 2.05) is 4.90 Å². The van der Waals surface area contributed by atoms with Crippen LogP contribution >= 0.6 is 0 Å². The van der Waals surface area contributed by atoms with Crippen LogP contribution in [-0.2, 0) is 10.9 Å². The van der Waals surface area contributed by atoms with Gasteiger partial charge in [0.1, 0.15) is 17.8 Å². The lowest BCUT2D eigenvalue weighted by atomic mass is 10.0. The fraction of sp³-hybridized carbons (Fsp3) is 0.737. The molecule has 2 aliphatic heterocycles. The minimum Gasteiger partial charge on any atom is -0.376 e. The fourth-order valence-corrected chi connectivity index (χ4v) is 4.13. The van der Waals surface area contributed by atoms with E-state index >= 15 is 0 Å². The number of urea groups is 1. The smallest absolute Gasteiger partial charge is 0.376 e. The van der Waals surface area contributed by atoms with Crippen molar-refractivity contribution >= 4 is 11.8 Å². The normalized spacial score (nSPS) is 23.3. The Labute approximate surface area is 167 Å². The zero-order valence-electron chi connectivity index (χ0n) is 16.2. The first-order valence-electron chi connectivity index (χ1n) is 10.2. The minimum absolute atomic E-state index is 0.0701. The molecule has 1 N–H and O–H groups in total. The maximum atomic E-state index is 13.0. The summed E-state index contributed by atoms with van der Waals surface area (Å²) in [5.74, 6) is 0.330. The molecule has 1 unspecified atom stereocenters. The summed E-state index contributed by atoms with van der Waals surface area (Å²) in [4.78, 5) is 23.7. The Kier molecular flexibility index (Phi) is 5.80. The summed E-state index contributed by atoms with van der Waals surface area (Å²) in [7, 11) is 0. The van der Waals surface area contributed by atoms with Crippen LogP contribution in [0.1, 0.15) is 44.2 Å². The Bertz CT molecular complexity index is 714. The number of amides is 2. The number of aromatic nitrogens is 2. The first kappa shape index (κ1) is 20.2. The quantitative estimate of drug-likeness (QED) is 0.804. The standard InChI is InChI=1S/C19H26F3N5O2/c20-19(21,22)16-10-17(25-12-24-16)27(13-3-4-13)14-5-7-26(8-6-14)18(28)23-11-15-2-1-9-29-15/h10,12-15H,1-9,11H2,(H,23,28). The molecular formula is C19H26F3N5O2. The van der Waals surface area contributed by atoms with Crippen molar-refractivity contribution < 1.29 is 22.7 Å². The highest BCUT2D eigenvalue weighted by atomic mass is 19.4. The van der Waals surface area contributed by atoms with Crippen LogP contribution in [0.15, 0.2) is 12.4 Å². The van der Waals surface area contributed by atoms with Crippen molar-refractivity contribution in [3.8, 4) is 0 Å². The van der Waals surface area contributed by atoms with E-state index in [0.29, 0.717) is 38.3 Å². The third kappa shape index (κ3) is 4.91. The molecule has 3 fully saturated rings. The number of nitrogens with zero attached hydrogens (tertiary/aromatic N) is 4. The monoisotopic (exact) mass is 413 g/mol. The van der Waals surface area contributed by atoms with Gasteiger partial charge in [0.05, 0.1) is 6.10 Å². The second-order valence-corrected chi connectivity index (χ2v) is 7.94. The van der Waals surface area contributed by atoms with Gasteiger partial charge in [0.2, 0.25) is 0 Å². The predicted molar refractivity (Wildman–Crippen MR) is 99.5 cm³/mol. The van der Waals surface area contributed by atoms with Gasteiger partial charge in [0.15, 0.2) is 0 Å². The van der Waals surface area contributed by atoms with Crippen molar-refractivity contribution in [2.75, 3.05) is 31.1 Å². The average Bonchev–Trinajstić information content (AvgIpc) is 3.39. The van der Waals surface area contributed by atoms with Crippen LogP contribution in [0.3, 0.4) is 0 Å².